The van der Waals surface area contributed by atoms with Crippen molar-refractivity contribution < 1.29 is 13.9 Å². The van der Waals surface area contributed by atoms with Crippen molar-refractivity contribution in [2.75, 3.05) is 0 Å². The van der Waals surface area contributed by atoms with Crippen LogP contribution in [0.3, 0.4) is 0 Å². The topological polar surface area (TPSA) is 65.2 Å². The zero-order valence-electron chi connectivity index (χ0n) is 11.8. The zero-order chi connectivity index (χ0) is 16.4. The summed E-state index contributed by atoms with van der Waals surface area (Å²) in [5.41, 5.74) is 0.223. The summed E-state index contributed by atoms with van der Waals surface area (Å²) in [4.78, 5) is 13.0. The number of thiophene rings is 1. The molecule has 0 amide bonds. The lowest BCUT2D eigenvalue weighted by molar-refractivity contribution is 0.0280. The molecule has 0 unspecified atom stereocenters. The van der Waals surface area contributed by atoms with Crippen LogP contribution in [0.15, 0.2) is 40.1 Å². The van der Waals surface area contributed by atoms with Crippen LogP contribution < -0.4 is 0 Å². The molecule has 0 saturated carbocycles. The third-order valence-corrected chi connectivity index (χ3v) is 4.36. The van der Waals surface area contributed by atoms with Crippen LogP contribution in [-0.4, -0.2) is 16.2 Å². The molecule has 5 nitrogen and oxygen atoms in total. The maximum absolute atomic E-state index is 12.2. The van der Waals surface area contributed by atoms with Crippen molar-refractivity contribution in [3.05, 3.63) is 57.2 Å². The zero-order valence-corrected chi connectivity index (χ0v) is 14.2. The number of hydrogen-bond donors (Lipinski definition) is 0. The molecule has 1 aromatic carbocycles. The van der Waals surface area contributed by atoms with Gasteiger partial charge in [-0.15, -0.1) is 21.5 Å². The highest BCUT2D eigenvalue weighted by atomic mass is 35.5. The van der Waals surface area contributed by atoms with E-state index < -0.39 is 12.1 Å². The van der Waals surface area contributed by atoms with E-state index in [1.807, 2.05) is 17.5 Å². The van der Waals surface area contributed by atoms with Gasteiger partial charge in [0.2, 0.25) is 0 Å². The molecular formula is C15H10Cl2N2O3S. The number of carbonyl (C=O) groups excluding carboxylic acids is 1. The Morgan fingerprint density at radius 1 is 1.30 bits per heavy atom. The molecular weight excluding hydrogens is 359 g/mol. The molecule has 0 fully saturated rings. The Hall–Kier alpha value is -1.89. The molecule has 1 atom stereocenters. The first-order valence-corrected chi connectivity index (χ1v) is 8.21. The fraction of sp³-hybridized carbons (Fsp3) is 0.133. The minimum Gasteiger partial charge on any atom is -0.449 e. The average molecular weight is 369 g/mol. The van der Waals surface area contributed by atoms with E-state index in [-0.39, 0.29) is 16.5 Å². The SMILES string of the molecule is C[C@@H](OC(=O)c1ccc(Cl)cc1Cl)c1nnc(-c2cccs2)o1. The van der Waals surface area contributed by atoms with Crippen LogP contribution in [0, 0.1) is 0 Å². The van der Waals surface area contributed by atoms with Gasteiger partial charge in [0.1, 0.15) is 0 Å². The summed E-state index contributed by atoms with van der Waals surface area (Å²) in [5.74, 6) is 0.0179. The van der Waals surface area contributed by atoms with Crippen LogP contribution in [0.1, 0.15) is 29.3 Å². The third-order valence-electron chi connectivity index (χ3n) is 2.96. The molecule has 0 radical (unpaired) electrons. The molecule has 0 aliphatic carbocycles. The van der Waals surface area contributed by atoms with E-state index >= 15 is 0 Å². The second-order valence-electron chi connectivity index (χ2n) is 4.59. The molecule has 0 spiro atoms. The number of halogens is 2. The normalized spacial score (nSPS) is 12.1. The predicted molar refractivity (Wildman–Crippen MR) is 87.9 cm³/mol. The number of rotatable bonds is 4. The maximum atomic E-state index is 12.2. The molecule has 118 valence electrons. The highest BCUT2D eigenvalue weighted by Gasteiger charge is 2.21. The molecule has 0 N–H and O–H groups in total. The molecule has 23 heavy (non-hydrogen) atoms. The van der Waals surface area contributed by atoms with Gasteiger partial charge in [0.05, 0.1) is 15.5 Å². The molecule has 2 aromatic heterocycles. The Labute approximate surface area is 145 Å². The quantitative estimate of drug-likeness (QED) is 0.604. The van der Waals surface area contributed by atoms with Crippen molar-refractivity contribution in [3.8, 4) is 10.8 Å². The predicted octanol–water partition coefficient (Wildman–Crippen LogP) is 5.02. The number of benzene rings is 1. The number of esters is 1. The Balaban J connectivity index is 1.74. The van der Waals surface area contributed by atoms with Gasteiger partial charge in [-0.25, -0.2) is 4.79 Å². The molecule has 0 aliphatic rings. The van der Waals surface area contributed by atoms with Crippen molar-refractivity contribution in [1.82, 2.24) is 10.2 Å². The molecule has 3 rings (SSSR count). The lowest BCUT2D eigenvalue weighted by atomic mass is 10.2. The Morgan fingerprint density at radius 2 is 2.13 bits per heavy atom. The third kappa shape index (κ3) is 3.55. The summed E-state index contributed by atoms with van der Waals surface area (Å²) in [6, 6.07) is 8.30. The largest absolute Gasteiger partial charge is 0.449 e. The van der Waals surface area contributed by atoms with Crippen molar-refractivity contribution >= 4 is 40.5 Å². The molecule has 0 aliphatic heterocycles. The first-order chi connectivity index (χ1) is 11.0. The number of ether oxygens (including phenoxy) is 1. The van der Waals surface area contributed by atoms with Gasteiger partial charge in [-0.05, 0) is 36.6 Å². The summed E-state index contributed by atoms with van der Waals surface area (Å²) in [6.45, 7) is 1.65. The fourth-order valence-corrected chi connectivity index (χ4v) is 2.96. The number of nitrogens with zero attached hydrogens (tertiary/aromatic N) is 2. The average Bonchev–Trinajstić information content (AvgIpc) is 3.18. The second kappa shape index (κ2) is 6.70. The number of aromatic nitrogens is 2. The van der Waals surface area contributed by atoms with Crippen molar-refractivity contribution in [2.24, 2.45) is 0 Å². The summed E-state index contributed by atoms with van der Waals surface area (Å²) >= 11 is 13.3. The molecule has 0 saturated heterocycles. The van der Waals surface area contributed by atoms with Crippen molar-refractivity contribution in [2.45, 2.75) is 13.0 Å². The van der Waals surface area contributed by atoms with Gasteiger partial charge in [0, 0.05) is 5.02 Å². The van der Waals surface area contributed by atoms with E-state index in [0.717, 1.165) is 4.88 Å². The van der Waals surface area contributed by atoms with Crippen molar-refractivity contribution in [1.29, 1.82) is 0 Å². The highest BCUT2D eigenvalue weighted by molar-refractivity contribution is 7.13. The van der Waals surface area contributed by atoms with Crippen LogP contribution >= 0.6 is 34.5 Å². The van der Waals surface area contributed by atoms with Crippen LogP contribution in [-0.2, 0) is 4.74 Å². The van der Waals surface area contributed by atoms with E-state index in [1.54, 1.807) is 13.0 Å². The van der Waals surface area contributed by atoms with Crippen LogP contribution in [0.2, 0.25) is 10.0 Å². The first-order valence-electron chi connectivity index (χ1n) is 6.58. The van der Waals surface area contributed by atoms with E-state index in [1.165, 1.54) is 23.5 Å². The minimum atomic E-state index is -0.699. The van der Waals surface area contributed by atoms with Crippen LogP contribution in [0.5, 0.6) is 0 Å². The van der Waals surface area contributed by atoms with Crippen LogP contribution in [0.4, 0.5) is 0 Å². The number of carbonyl (C=O) groups is 1. The molecule has 2 heterocycles. The van der Waals surface area contributed by atoms with E-state index in [9.17, 15) is 4.79 Å². The molecule has 8 heteroatoms. The maximum Gasteiger partial charge on any atom is 0.340 e. The Bertz CT molecular complexity index is 833. The Morgan fingerprint density at radius 3 is 2.83 bits per heavy atom. The smallest absolute Gasteiger partial charge is 0.340 e. The summed E-state index contributed by atoms with van der Waals surface area (Å²) < 4.78 is 10.8. The van der Waals surface area contributed by atoms with Gasteiger partial charge in [0.25, 0.3) is 11.8 Å². The van der Waals surface area contributed by atoms with Gasteiger partial charge >= 0.3 is 5.97 Å². The first kappa shape index (κ1) is 16.0. The molecule has 0 bridgehead atoms. The highest BCUT2D eigenvalue weighted by Crippen LogP contribution is 2.27. The summed E-state index contributed by atoms with van der Waals surface area (Å²) in [5, 5.41) is 10.4. The second-order valence-corrected chi connectivity index (χ2v) is 6.39. The molecule has 3 aromatic rings. The summed E-state index contributed by atoms with van der Waals surface area (Å²) in [6.07, 6.45) is -0.699. The van der Waals surface area contributed by atoms with Crippen LogP contribution in [0.25, 0.3) is 10.8 Å². The van der Waals surface area contributed by atoms with Gasteiger partial charge < -0.3 is 9.15 Å². The number of hydrogen-bond acceptors (Lipinski definition) is 6. The van der Waals surface area contributed by atoms with Gasteiger partial charge in [0.15, 0.2) is 6.10 Å². The van der Waals surface area contributed by atoms with E-state index in [0.29, 0.717) is 10.9 Å². The monoisotopic (exact) mass is 368 g/mol. The summed E-state index contributed by atoms with van der Waals surface area (Å²) in [7, 11) is 0. The lowest BCUT2D eigenvalue weighted by Crippen LogP contribution is -2.10. The minimum absolute atomic E-state index is 0.215. The van der Waals surface area contributed by atoms with Crippen molar-refractivity contribution in [3.63, 3.8) is 0 Å². The van der Waals surface area contributed by atoms with Gasteiger partial charge in [-0.1, -0.05) is 29.3 Å². The standard InChI is InChI=1S/C15H10Cl2N2O3S/c1-8(13-18-19-14(22-13)12-3-2-6-23-12)21-15(20)10-5-4-9(16)7-11(10)17/h2-8H,1H3/t8-/m1/s1. The van der Waals surface area contributed by atoms with Gasteiger partial charge in [-0.3, -0.25) is 0 Å². The lowest BCUT2D eigenvalue weighted by Gasteiger charge is -2.10. The Kier molecular flexibility index (Phi) is 4.66. The van der Waals surface area contributed by atoms with Gasteiger partial charge in [-0.2, -0.15) is 0 Å². The fourth-order valence-electron chi connectivity index (χ4n) is 1.83. The van der Waals surface area contributed by atoms with E-state index in [2.05, 4.69) is 10.2 Å². The van der Waals surface area contributed by atoms with E-state index in [4.69, 9.17) is 32.4 Å².